The van der Waals surface area contributed by atoms with E-state index in [2.05, 4.69) is 27.4 Å². The first-order valence-corrected chi connectivity index (χ1v) is 9.27. The Morgan fingerprint density at radius 2 is 2.00 bits per heavy atom. The topological polar surface area (TPSA) is 90.1 Å². The van der Waals surface area contributed by atoms with Crippen molar-refractivity contribution >= 4 is 23.5 Å². The molecule has 1 saturated heterocycles. The van der Waals surface area contributed by atoms with Crippen molar-refractivity contribution in [2.24, 2.45) is 11.1 Å². The second-order valence-electron chi connectivity index (χ2n) is 6.13. The number of primary amides is 1. The van der Waals surface area contributed by atoms with E-state index in [-0.39, 0.29) is 5.91 Å². The third-order valence-electron chi connectivity index (χ3n) is 4.42. The molecule has 132 valence electrons. The number of anilines is 1. The van der Waals surface area contributed by atoms with Crippen molar-refractivity contribution in [2.75, 3.05) is 25.1 Å². The standard InChI is InChI=1S/C18H22N4O2S/c19-17(23)18(6-8-24-9-7-18)13-21-15-10-20-11-16(22-15)25-12-14-4-2-1-3-5-14/h1-5,10-11H,6-9,12-13H2,(H2,19,23)(H,21,22). The average molecular weight is 358 g/mol. The second kappa shape index (κ2) is 8.31. The largest absolute Gasteiger partial charge is 0.381 e. The molecule has 7 heteroatoms. The van der Waals surface area contributed by atoms with Crippen LogP contribution in [0.4, 0.5) is 5.82 Å². The number of aromatic nitrogens is 2. The fourth-order valence-corrected chi connectivity index (χ4v) is 3.57. The summed E-state index contributed by atoms with van der Waals surface area (Å²) in [6.07, 6.45) is 4.67. The first kappa shape index (κ1) is 17.7. The van der Waals surface area contributed by atoms with Crippen molar-refractivity contribution in [3.63, 3.8) is 0 Å². The molecule has 0 bridgehead atoms. The second-order valence-corrected chi connectivity index (χ2v) is 7.12. The maximum absolute atomic E-state index is 11.9. The van der Waals surface area contributed by atoms with Gasteiger partial charge in [-0.1, -0.05) is 30.3 Å². The molecule has 3 N–H and O–H groups in total. The number of ether oxygens (including phenoxy) is 1. The predicted octanol–water partition coefficient (Wildman–Crippen LogP) is 2.46. The predicted molar refractivity (Wildman–Crippen MR) is 98.2 cm³/mol. The van der Waals surface area contributed by atoms with Gasteiger partial charge in [0.15, 0.2) is 0 Å². The minimum absolute atomic E-state index is 0.286. The van der Waals surface area contributed by atoms with Crippen LogP contribution in [0, 0.1) is 5.41 Å². The number of thioether (sulfide) groups is 1. The zero-order valence-corrected chi connectivity index (χ0v) is 14.8. The van der Waals surface area contributed by atoms with Crippen LogP contribution in [0.25, 0.3) is 0 Å². The highest BCUT2D eigenvalue weighted by molar-refractivity contribution is 7.98. The van der Waals surface area contributed by atoms with E-state index in [0.29, 0.717) is 38.4 Å². The van der Waals surface area contributed by atoms with E-state index in [1.165, 1.54) is 5.56 Å². The molecular weight excluding hydrogens is 336 g/mol. The number of nitrogens with one attached hydrogen (secondary N) is 1. The van der Waals surface area contributed by atoms with E-state index >= 15 is 0 Å². The normalized spacial score (nSPS) is 16.3. The zero-order valence-electron chi connectivity index (χ0n) is 14.0. The maximum atomic E-state index is 11.9. The highest BCUT2D eigenvalue weighted by Gasteiger charge is 2.38. The quantitative estimate of drug-likeness (QED) is 0.739. The SMILES string of the molecule is NC(=O)C1(CNc2cncc(SCc3ccccc3)n2)CCOCC1. The van der Waals surface area contributed by atoms with Gasteiger partial charge in [0.05, 0.1) is 17.8 Å². The van der Waals surface area contributed by atoms with Crippen LogP contribution in [0.3, 0.4) is 0 Å². The summed E-state index contributed by atoms with van der Waals surface area (Å²) in [5.74, 6) is 1.21. The fraction of sp³-hybridized carbons (Fsp3) is 0.389. The van der Waals surface area contributed by atoms with Crippen molar-refractivity contribution < 1.29 is 9.53 Å². The molecule has 0 aliphatic carbocycles. The monoisotopic (exact) mass is 358 g/mol. The lowest BCUT2D eigenvalue weighted by Crippen LogP contribution is -2.46. The Morgan fingerprint density at radius 1 is 1.24 bits per heavy atom. The molecule has 1 fully saturated rings. The molecule has 0 atom stereocenters. The number of hydrogen-bond acceptors (Lipinski definition) is 6. The van der Waals surface area contributed by atoms with Gasteiger partial charge in [-0.25, -0.2) is 4.98 Å². The summed E-state index contributed by atoms with van der Waals surface area (Å²) in [5.41, 5.74) is 6.30. The van der Waals surface area contributed by atoms with Crippen molar-refractivity contribution in [1.29, 1.82) is 0 Å². The Balaban J connectivity index is 1.60. The Kier molecular flexibility index (Phi) is 5.88. The van der Waals surface area contributed by atoms with Gasteiger partial charge in [0.1, 0.15) is 10.8 Å². The fourth-order valence-electron chi connectivity index (χ4n) is 2.77. The van der Waals surface area contributed by atoms with Crippen LogP contribution in [0.1, 0.15) is 18.4 Å². The molecule has 0 radical (unpaired) electrons. The van der Waals surface area contributed by atoms with E-state index < -0.39 is 5.41 Å². The van der Waals surface area contributed by atoms with E-state index in [9.17, 15) is 4.79 Å². The van der Waals surface area contributed by atoms with Crippen LogP contribution in [0.2, 0.25) is 0 Å². The van der Waals surface area contributed by atoms with Gasteiger partial charge >= 0.3 is 0 Å². The lowest BCUT2D eigenvalue weighted by molar-refractivity contribution is -0.132. The Hall–Kier alpha value is -2.12. The van der Waals surface area contributed by atoms with E-state index in [1.807, 2.05) is 18.2 Å². The summed E-state index contributed by atoms with van der Waals surface area (Å²) in [4.78, 5) is 20.7. The third kappa shape index (κ3) is 4.70. The van der Waals surface area contributed by atoms with Gasteiger partial charge < -0.3 is 15.8 Å². The number of carbonyl (C=O) groups is 1. The molecule has 1 aromatic heterocycles. The molecular formula is C18H22N4O2S. The van der Waals surface area contributed by atoms with Crippen LogP contribution in [0.15, 0.2) is 47.8 Å². The van der Waals surface area contributed by atoms with Gasteiger partial charge in [-0.2, -0.15) is 0 Å². The molecule has 0 spiro atoms. The minimum atomic E-state index is -0.576. The Bertz CT molecular complexity index is 705. The summed E-state index contributed by atoms with van der Waals surface area (Å²) in [7, 11) is 0. The van der Waals surface area contributed by atoms with Gasteiger partial charge in [-0.15, -0.1) is 11.8 Å². The summed E-state index contributed by atoms with van der Waals surface area (Å²) < 4.78 is 5.35. The average Bonchev–Trinajstić information content (AvgIpc) is 2.66. The number of hydrogen-bond donors (Lipinski definition) is 2. The first-order chi connectivity index (χ1) is 12.2. The van der Waals surface area contributed by atoms with E-state index in [4.69, 9.17) is 10.5 Å². The molecule has 0 unspecified atom stereocenters. The minimum Gasteiger partial charge on any atom is -0.381 e. The van der Waals surface area contributed by atoms with Crippen LogP contribution >= 0.6 is 11.8 Å². The lowest BCUT2D eigenvalue weighted by atomic mass is 9.79. The molecule has 2 heterocycles. The third-order valence-corrected chi connectivity index (χ3v) is 5.39. The molecule has 1 aromatic carbocycles. The van der Waals surface area contributed by atoms with Gasteiger partial charge in [0.2, 0.25) is 5.91 Å². The van der Waals surface area contributed by atoms with Crippen molar-refractivity contribution in [3.8, 4) is 0 Å². The smallest absolute Gasteiger partial charge is 0.225 e. The van der Waals surface area contributed by atoms with Crippen LogP contribution < -0.4 is 11.1 Å². The molecule has 6 nitrogen and oxygen atoms in total. The van der Waals surface area contributed by atoms with Crippen molar-refractivity contribution in [1.82, 2.24) is 9.97 Å². The molecule has 25 heavy (non-hydrogen) atoms. The van der Waals surface area contributed by atoms with Crippen molar-refractivity contribution in [2.45, 2.75) is 23.6 Å². The van der Waals surface area contributed by atoms with Crippen LogP contribution in [-0.4, -0.2) is 35.6 Å². The van der Waals surface area contributed by atoms with Gasteiger partial charge in [-0.05, 0) is 18.4 Å². The molecule has 1 aliphatic heterocycles. The van der Waals surface area contributed by atoms with Gasteiger partial charge in [0.25, 0.3) is 0 Å². The van der Waals surface area contributed by atoms with Gasteiger partial charge in [0, 0.05) is 25.5 Å². The maximum Gasteiger partial charge on any atom is 0.225 e. The van der Waals surface area contributed by atoms with Crippen LogP contribution in [0.5, 0.6) is 0 Å². The summed E-state index contributed by atoms with van der Waals surface area (Å²) in [6.45, 7) is 1.57. The molecule has 3 rings (SSSR count). The summed E-state index contributed by atoms with van der Waals surface area (Å²) >= 11 is 1.63. The number of nitrogens with two attached hydrogens (primary N) is 1. The number of carbonyl (C=O) groups excluding carboxylic acids is 1. The number of nitrogens with zero attached hydrogens (tertiary/aromatic N) is 2. The first-order valence-electron chi connectivity index (χ1n) is 8.28. The molecule has 1 aliphatic rings. The number of rotatable bonds is 7. The zero-order chi connectivity index (χ0) is 17.5. The lowest BCUT2D eigenvalue weighted by Gasteiger charge is -2.34. The van der Waals surface area contributed by atoms with E-state index in [0.717, 1.165) is 10.8 Å². The highest BCUT2D eigenvalue weighted by atomic mass is 32.2. The number of benzene rings is 1. The molecule has 2 aromatic rings. The number of amides is 1. The molecule has 1 amide bonds. The molecule has 0 saturated carbocycles. The van der Waals surface area contributed by atoms with E-state index in [1.54, 1.807) is 24.2 Å². The Morgan fingerprint density at radius 3 is 2.72 bits per heavy atom. The highest BCUT2D eigenvalue weighted by Crippen LogP contribution is 2.30. The summed E-state index contributed by atoms with van der Waals surface area (Å²) in [6, 6.07) is 10.2. The summed E-state index contributed by atoms with van der Waals surface area (Å²) in [5, 5.41) is 4.07. The van der Waals surface area contributed by atoms with Crippen molar-refractivity contribution in [3.05, 3.63) is 48.3 Å². The van der Waals surface area contributed by atoms with Crippen LogP contribution in [-0.2, 0) is 15.3 Å². The van der Waals surface area contributed by atoms with Gasteiger partial charge in [-0.3, -0.25) is 9.78 Å². The Labute approximate surface area is 151 Å².